The molecule has 1 fully saturated rings. The highest BCUT2D eigenvalue weighted by molar-refractivity contribution is 7.12. The number of aryl methyl sites for hydroxylation is 1. The van der Waals surface area contributed by atoms with Crippen molar-refractivity contribution in [2.24, 2.45) is 11.1 Å². The summed E-state index contributed by atoms with van der Waals surface area (Å²) in [4.78, 5) is 13.4. The molecule has 0 saturated carbocycles. The van der Waals surface area contributed by atoms with E-state index in [1.807, 2.05) is 18.4 Å². The normalized spacial score (nSPS) is 19.6. The van der Waals surface area contributed by atoms with E-state index in [4.69, 9.17) is 10.5 Å². The van der Waals surface area contributed by atoms with Crippen LogP contribution in [0.25, 0.3) is 0 Å². The fraction of sp³-hybridized carbons (Fsp3) is 0.583. The van der Waals surface area contributed by atoms with Crippen molar-refractivity contribution in [3.05, 3.63) is 21.9 Å². The number of hydrogen-bond donors (Lipinski definition) is 1. The summed E-state index contributed by atoms with van der Waals surface area (Å²) >= 11 is 1.52. The third kappa shape index (κ3) is 1.93. The molecule has 1 aromatic heterocycles. The first-order valence-electron chi connectivity index (χ1n) is 5.56. The first-order valence-corrected chi connectivity index (χ1v) is 6.44. The number of Topliss-reactive ketones (excluding diaryl/α,β-unsaturated/α-hetero) is 1. The molecule has 0 unspecified atom stereocenters. The number of rotatable bonds is 3. The highest BCUT2D eigenvalue weighted by Crippen LogP contribution is 2.35. The van der Waals surface area contributed by atoms with Gasteiger partial charge in [-0.2, -0.15) is 0 Å². The summed E-state index contributed by atoms with van der Waals surface area (Å²) in [5.74, 6) is 0.214. The fourth-order valence-corrected chi connectivity index (χ4v) is 3.12. The van der Waals surface area contributed by atoms with E-state index in [9.17, 15) is 4.79 Å². The van der Waals surface area contributed by atoms with Crippen LogP contribution in [0.4, 0.5) is 0 Å². The predicted octanol–water partition coefficient (Wildman–Crippen LogP) is 1.99. The molecular formula is C12H17NO2S. The van der Waals surface area contributed by atoms with Crippen LogP contribution in [-0.4, -0.2) is 25.5 Å². The third-order valence-electron chi connectivity index (χ3n) is 3.39. The highest BCUT2D eigenvalue weighted by atomic mass is 32.1. The summed E-state index contributed by atoms with van der Waals surface area (Å²) in [6.45, 7) is 3.69. The molecule has 4 heteroatoms. The van der Waals surface area contributed by atoms with Crippen molar-refractivity contribution in [2.75, 3.05) is 19.8 Å². The molecule has 1 aromatic rings. The van der Waals surface area contributed by atoms with Crippen molar-refractivity contribution >= 4 is 17.1 Å². The van der Waals surface area contributed by atoms with E-state index < -0.39 is 0 Å². The second-order valence-electron chi connectivity index (χ2n) is 4.36. The summed E-state index contributed by atoms with van der Waals surface area (Å²) in [6, 6.07) is 1.99. The van der Waals surface area contributed by atoms with Crippen LogP contribution in [-0.2, 0) is 4.74 Å². The number of carbonyl (C=O) groups excluding carboxylic acids is 1. The molecule has 0 spiro atoms. The van der Waals surface area contributed by atoms with E-state index in [1.165, 1.54) is 11.3 Å². The van der Waals surface area contributed by atoms with Crippen LogP contribution >= 0.6 is 11.3 Å². The summed E-state index contributed by atoms with van der Waals surface area (Å²) in [5, 5.41) is 1.96. The van der Waals surface area contributed by atoms with Gasteiger partial charge in [-0.05, 0) is 36.8 Å². The lowest BCUT2D eigenvalue weighted by atomic mass is 9.75. The maximum Gasteiger partial charge on any atom is 0.180 e. The molecule has 1 saturated heterocycles. The summed E-state index contributed by atoms with van der Waals surface area (Å²) in [7, 11) is 0. The molecular weight excluding hydrogens is 222 g/mol. The van der Waals surface area contributed by atoms with Gasteiger partial charge in [0.1, 0.15) is 0 Å². The minimum absolute atomic E-state index is 0.214. The van der Waals surface area contributed by atoms with Crippen molar-refractivity contribution in [3.63, 3.8) is 0 Å². The van der Waals surface area contributed by atoms with Gasteiger partial charge in [0.2, 0.25) is 0 Å². The molecule has 88 valence electrons. The zero-order chi connectivity index (χ0) is 11.6. The molecule has 0 bridgehead atoms. The second-order valence-corrected chi connectivity index (χ2v) is 5.27. The van der Waals surface area contributed by atoms with Gasteiger partial charge in [-0.25, -0.2) is 0 Å². The minimum atomic E-state index is -0.381. The minimum Gasteiger partial charge on any atom is -0.381 e. The lowest BCUT2D eigenvalue weighted by Gasteiger charge is -2.34. The van der Waals surface area contributed by atoms with E-state index in [2.05, 4.69) is 0 Å². The Hall–Kier alpha value is -0.710. The Kier molecular flexibility index (Phi) is 3.42. The highest BCUT2D eigenvalue weighted by Gasteiger charge is 2.40. The molecule has 2 rings (SSSR count). The number of ether oxygens (including phenoxy) is 1. The van der Waals surface area contributed by atoms with Crippen LogP contribution in [0.2, 0.25) is 0 Å². The maximum absolute atomic E-state index is 12.5. The van der Waals surface area contributed by atoms with Crippen LogP contribution in [0, 0.1) is 12.3 Å². The number of carbonyl (C=O) groups is 1. The SMILES string of the molecule is Cc1ccsc1C(=O)C1(CN)CCOCC1. The summed E-state index contributed by atoms with van der Waals surface area (Å²) in [5.41, 5.74) is 6.51. The number of nitrogens with two attached hydrogens (primary N) is 1. The standard InChI is InChI=1S/C12H17NO2S/c1-9-2-7-16-10(9)11(14)12(8-13)3-5-15-6-4-12/h2,7H,3-6,8,13H2,1H3. The number of thiophene rings is 1. The fourth-order valence-electron chi connectivity index (χ4n) is 2.13. The Balaban J connectivity index is 2.28. The van der Waals surface area contributed by atoms with Crippen LogP contribution < -0.4 is 5.73 Å². The van der Waals surface area contributed by atoms with Crippen molar-refractivity contribution in [1.82, 2.24) is 0 Å². The average Bonchev–Trinajstić information content (AvgIpc) is 2.75. The van der Waals surface area contributed by atoms with Gasteiger partial charge in [0.25, 0.3) is 0 Å². The van der Waals surface area contributed by atoms with Gasteiger partial charge in [-0.1, -0.05) is 0 Å². The van der Waals surface area contributed by atoms with Crippen molar-refractivity contribution in [2.45, 2.75) is 19.8 Å². The topological polar surface area (TPSA) is 52.3 Å². The molecule has 16 heavy (non-hydrogen) atoms. The smallest absolute Gasteiger partial charge is 0.180 e. The maximum atomic E-state index is 12.5. The summed E-state index contributed by atoms with van der Waals surface area (Å²) < 4.78 is 5.32. The monoisotopic (exact) mass is 239 g/mol. The average molecular weight is 239 g/mol. The van der Waals surface area contributed by atoms with Gasteiger partial charge in [-0.15, -0.1) is 11.3 Å². The first-order chi connectivity index (χ1) is 7.69. The molecule has 2 N–H and O–H groups in total. The first kappa shape index (κ1) is 11.8. The molecule has 3 nitrogen and oxygen atoms in total. The van der Waals surface area contributed by atoms with Crippen LogP contribution in [0.1, 0.15) is 28.1 Å². The van der Waals surface area contributed by atoms with Crippen molar-refractivity contribution in [1.29, 1.82) is 0 Å². The zero-order valence-corrected chi connectivity index (χ0v) is 10.3. The molecule has 0 atom stereocenters. The van der Waals surface area contributed by atoms with Gasteiger partial charge < -0.3 is 10.5 Å². The second kappa shape index (κ2) is 4.65. The quantitative estimate of drug-likeness (QED) is 0.821. The van der Waals surface area contributed by atoms with Crippen LogP contribution in [0.5, 0.6) is 0 Å². The van der Waals surface area contributed by atoms with Crippen LogP contribution in [0.15, 0.2) is 11.4 Å². The van der Waals surface area contributed by atoms with E-state index in [-0.39, 0.29) is 11.2 Å². The van der Waals surface area contributed by atoms with E-state index in [0.717, 1.165) is 23.3 Å². The Bertz CT molecular complexity index is 380. The van der Waals surface area contributed by atoms with E-state index >= 15 is 0 Å². The third-order valence-corrected chi connectivity index (χ3v) is 4.41. The van der Waals surface area contributed by atoms with Gasteiger partial charge in [0.15, 0.2) is 5.78 Å². The molecule has 0 radical (unpaired) electrons. The zero-order valence-electron chi connectivity index (χ0n) is 9.49. The molecule has 0 aliphatic carbocycles. The summed E-state index contributed by atoms with van der Waals surface area (Å²) in [6.07, 6.45) is 1.50. The Morgan fingerprint density at radius 2 is 2.25 bits per heavy atom. The Labute approximate surface area is 99.6 Å². The predicted molar refractivity (Wildman–Crippen MR) is 64.9 cm³/mol. The van der Waals surface area contributed by atoms with Gasteiger partial charge in [0.05, 0.1) is 10.3 Å². The molecule has 0 amide bonds. The molecule has 1 aliphatic heterocycles. The molecule has 0 aromatic carbocycles. The Morgan fingerprint density at radius 1 is 1.56 bits per heavy atom. The van der Waals surface area contributed by atoms with Crippen LogP contribution in [0.3, 0.4) is 0 Å². The van der Waals surface area contributed by atoms with Crippen molar-refractivity contribution < 1.29 is 9.53 Å². The number of ketones is 1. The van der Waals surface area contributed by atoms with Gasteiger partial charge >= 0.3 is 0 Å². The lowest BCUT2D eigenvalue weighted by molar-refractivity contribution is 0.0202. The molecule has 1 aliphatic rings. The van der Waals surface area contributed by atoms with Crippen molar-refractivity contribution in [3.8, 4) is 0 Å². The lowest BCUT2D eigenvalue weighted by Crippen LogP contribution is -2.43. The Morgan fingerprint density at radius 3 is 2.75 bits per heavy atom. The molecule has 2 heterocycles. The van der Waals surface area contributed by atoms with Gasteiger partial charge in [-0.3, -0.25) is 4.79 Å². The van der Waals surface area contributed by atoms with E-state index in [1.54, 1.807) is 0 Å². The largest absolute Gasteiger partial charge is 0.381 e. The van der Waals surface area contributed by atoms with E-state index in [0.29, 0.717) is 19.8 Å². The number of hydrogen-bond acceptors (Lipinski definition) is 4. The van der Waals surface area contributed by atoms with Gasteiger partial charge in [0, 0.05) is 19.8 Å².